The molecule has 20 heavy (non-hydrogen) atoms. The maximum atomic E-state index is 12.4. The van der Waals surface area contributed by atoms with E-state index in [1.165, 1.54) is 12.1 Å². The average Bonchev–Trinajstić information content (AvgIpc) is 2.26. The van der Waals surface area contributed by atoms with Crippen LogP contribution in [0, 0.1) is 11.8 Å². The SMILES string of the molecule is CN(CC#Cc1ccc(C(F)(F)F)cc1)CC(C)(C)O. The van der Waals surface area contributed by atoms with Crippen molar-refractivity contribution in [2.75, 3.05) is 20.1 Å². The lowest BCUT2D eigenvalue weighted by Gasteiger charge is -2.23. The number of likely N-dealkylation sites (N-methyl/N-ethyl adjacent to an activating group) is 1. The quantitative estimate of drug-likeness (QED) is 0.863. The third kappa shape index (κ3) is 6.09. The summed E-state index contributed by atoms with van der Waals surface area (Å²) in [5.41, 5.74) is -0.943. The lowest BCUT2D eigenvalue weighted by molar-refractivity contribution is -0.137. The Morgan fingerprint density at radius 2 is 1.70 bits per heavy atom. The molecule has 0 aliphatic carbocycles. The zero-order valence-electron chi connectivity index (χ0n) is 11.8. The monoisotopic (exact) mass is 285 g/mol. The van der Waals surface area contributed by atoms with Crippen molar-refractivity contribution < 1.29 is 18.3 Å². The molecule has 0 unspecified atom stereocenters. The van der Waals surface area contributed by atoms with E-state index in [1.54, 1.807) is 13.8 Å². The maximum absolute atomic E-state index is 12.4. The molecule has 0 amide bonds. The highest BCUT2D eigenvalue weighted by atomic mass is 19.4. The summed E-state index contributed by atoms with van der Waals surface area (Å²) in [5, 5.41) is 9.61. The lowest BCUT2D eigenvalue weighted by atomic mass is 10.1. The molecule has 0 radical (unpaired) electrons. The first-order valence-electron chi connectivity index (χ1n) is 6.15. The fourth-order valence-electron chi connectivity index (χ4n) is 1.74. The van der Waals surface area contributed by atoms with Gasteiger partial charge in [-0.1, -0.05) is 11.8 Å². The molecule has 1 aromatic carbocycles. The summed E-state index contributed by atoms with van der Waals surface area (Å²) in [6.07, 6.45) is -4.32. The number of nitrogens with zero attached hydrogens (tertiary/aromatic N) is 1. The van der Waals surface area contributed by atoms with E-state index in [9.17, 15) is 18.3 Å². The molecular formula is C15H18F3NO. The van der Waals surface area contributed by atoms with Gasteiger partial charge in [0.2, 0.25) is 0 Å². The fraction of sp³-hybridized carbons (Fsp3) is 0.467. The summed E-state index contributed by atoms with van der Waals surface area (Å²) in [6.45, 7) is 4.30. The molecule has 0 saturated carbocycles. The third-order valence-electron chi connectivity index (χ3n) is 2.45. The van der Waals surface area contributed by atoms with E-state index < -0.39 is 17.3 Å². The molecule has 0 bridgehead atoms. The summed E-state index contributed by atoms with van der Waals surface area (Å²) in [7, 11) is 1.82. The first kappa shape index (κ1) is 16.5. The predicted molar refractivity (Wildman–Crippen MR) is 72.1 cm³/mol. The molecule has 1 rings (SSSR count). The average molecular weight is 285 g/mol. The first-order valence-corrected chi connectivity index (χ1v) is 6.15. The Labute approximate surface area is 117 Å². The molecule has 1 aromatic rings. The Morgan fingerprint density at radius 3 is 2.15 bits per heavy atom. The van der Waals surface area contributed by atoms with Gasteiger partial charge in [-0.2, -0.15) is 13.2 Å². The Bertz CT molecular complexity index is 489. The second-order valence-corrected chi connectivity index (χ2v) is 5.36. The van der Waals surface area contributed by atoms with Crippen LogP contribution < -0.4 is 0 Å². The molecule has 0 aliphatic rings. The molecule has 0 heterocycles. The van der Waals surface area contributed by atoms with Crippen LogP contribution in [0.4, 0.5) is 13.2 Å². The van der Waals surface area contributed by atoms with Crippen LogP contribution >= 0.6 is 0 Å². The van der Waals surface area contributed by atoms with E-state index in [1.807, 2.05) is 11.9 Å². The van der Waals surface area contributed by atoms with Gasteiger partial charge >= 0.3 is 6.18 Å². The van der Waals surface area contributed by atoms with E-state index in [-0.39, 0.29) is 0 Å². The minimum Gasteiger partial charge on any atom is -0.389 e. The topological polar surface area (TPSA) is 23.5 Å². The largest absolute Gasteiger partial charge is 0.416 e. The van der Waals surface area contributed by atoms with E-state index in [0.29, 0.717) is 18.7 Å². The maximum Gasteiger partial charge on any atom is 0.416 e. The van der Waals surface area contributed by atoms with Crippen molar-refractivity contribution in [2.24, 2.45) is 0 Å². The van der Waals surface area contributed by atoms with Crippen LogP contribution in [-0.4, -0.2) is 35.7 Å². The Hall–Kier alpha value is -1.51. The Morgan fingerprint density at radius 1 is 1.15 bits per heavy atom. The molecule has 1 N–H and O–H groups in total. The predicted octanol–water partition coefficient (Wildman–Crippen LogP) is 2.76. The second-order valence-electron chi connectivity index (χ2n) is 5.36. The van der Waals surface area contributed by atoms with Gasteiger partial charge in [-0.25, -0.2) is 0 Å². The van der Waals surface area contributed by atoms with Gasteiger partial charge < -0.3 is 5.11 Å². The number of aliphatic hydroxyl groups is 1. The van der Waals surface area contributed by atoms with E-state index >= 15 is 0 Å². The number of benzene rings is 1. The molecule has 0 fully saturated rings. The minimum atomic E-state index is -4.32. The van der Waals surface area contributed by atoms with Crippen LogP contribution in [0.2, 0.25) is 0 Å². The third-order valence-corrected chi connectivity index (χ3v) is 2.45. The first-order chi connectivity index (χ1) is 9.08. The van der Waals surface area contributed by atoms with Crippen LogP contribution in [0.25, 0.3) is 0 Å². The van der Waals surface area contributed by atoms with E-state index in [0.717, 1.165) is 12.1 Å². The summed E-state index contributed by atoms with van der Waals surface area (Å²) in [5.74, 6) is 5.67. The van der Waals surface area contributed by atoms with Crippen LogP contribution in [0.1, 0.15) is 25.0 Å². The van der Waals surface area contributed by atoms with Crippen LogP contribution in [-0.2, 0) is 6.18 Å². The van der Waals surface area contributed by atoms with Gasteiger partial charge in [-0.05, 0) is 45.2 Å². The number of hydrogen-bond donors (Lipinski definition) is 1. The van der Waals surface area contributed by atoms with E-state index in [2.05, 4.69) is 11.8 Å². The van der Waals surface area contributed by atoms with Gasteiger partial charge in [-0.15, -0.1) is 0 Å². The van der Waals surface area contributed by atoms with Gasteiger partial charge in [0, 0.05) is 12.1 Å². The number of rotatable bonds is 3. The van der Waals surface area contributed by atoms with Crippen LogP contribution in [0.3, 0.4) is 0 Å². The lowest BCUT2D eigenvalue weighted by Crippen LogP contribution is -2.36. The van der Waals surface area contributed by atoms with Gasteiger partial charge in [0.1, 0.15) is 0 Å². The molecular weight excluding hydrogens is 267 g/mol. The normalized spacial score (nSPS) is 12.2. The standard InChI is InChI=1S/C15H18F3NO/c1-14(2,20)11-19(3)10-4-5-12-6-8-13(9-7-12)15(16,17)18/h6-9,20H,10-11H2,1-3H3. The molecule has 2 nitrogen and oxygen atoms in total. The zero-order valence-corrected chi connectivity index (χ0v) is 11.8. The minimum absolute atomic E-state index is 0.436. The highest BCUT2D eigenvalue weighted by molar-refractivity contribution is 5.37. The van der Waals surface area contributed by atoms with Crippen molar-refractivity contribution in [3.05, 3.63) is 35.4 Å². The summed E-state index contributed by atoms with van der Waals surface area (Å²) >= 11 is 0. The molecule has 5 heteroatoms. The summed E-state index contributed by atoms with van der Waals surface area (Å²) < 4.78 is 37.1. The van der Waals surface area contributed by atoms with Crippen molar-refractivity contribution in [1.82, 2.24) is 4.90 Å². The van der Waals surface area contributed by atoms with Crippen LogP contribution in [0.15, 0.2) is 24.3 Å². The number of hydrogen-bond acceptors (Lipinski definition) is 2. The van der Waals surface area contributed by atoms with E-state index in [4.69, 9.17) is 0 Å². The van der Waals surface area contributed by atoms with Gasteiger partial charge in [-0.3, -0.25) is 4.90 Å². The highest BCUT2D eigenvalue weighted by Crippen LogP contribution is 2.28. The Balaban J connectivity index is 2.60. The summed E-state index contributed by atoms with van der Waals surface area (Å²) in [6, 6.07) is 4.74. The van der Waals surface area contributed by atoms with Crippen LogP contribution in [0.5, 0.6) is 0 Å². The zero-order chi connectivity index (χ0) is 15.4. The van der Waals surface area contributed by atoms with Crippen molar-refractivity contribution in [2.45, 2.75) is 25.6 Å². The Kier molecular flexibility index (Phi) is 5.21. The molecule has 0 spiro atoms. The van der Waals surface area contributed by atoms with Gasteiger partial charge in [0.25, 0.3) is 0 Å². The summed E-state index contributed by atoms with van der Waals surface area (Å²) in [4.78, 5) is 1.84. The number of halogens is 3. The van der Waals surface area contributed by atoms with Crippen molar-refractivity contribution in [3.8, 4) is 11.8 Å². The smallest absolute Gasteiger partial charge is 0.389 e. The molecule has 0 atom stereocenters. The van der Waals surface area contributed by atoms with Crippen molar-refractivity contribution >= 4 is 0 Å². The molecule has 110 valence electrons. The number of alkyl halides is 3. The fourth-order valence-corrected chi connectivity index (χ4v) is 1.74. The van der Waals surface area contributed by atoms with Gasteiger partial charge in [0.15, 0.2) is 0 Å². The molecule has 0 aromatic heterocycles. The molecule has 0 aliphatic heterocycles. The highest BCUT2D eigenvalue weighted by Gasteiger charge is 2.29. The van der Waals surface area contributed by atoms with Crippen molar-refractivity contribution in [3.63, 3.8) is 0 Å². The van der Waals surface area contributed by atoms with Crippen molar-refractivity contribution in [1.29, 1.82) is 0 Å². The second kappa shape index (κ2) is 6.29. The van der Waals surface area contributed by atoms with Gasteiger partial charge in [0.05, 0.1) is 17.7 Å². The molecule has 0 saturated heterocycles.